The molecule has 1 aliphatic heterocycles. The number of ketones is 1. The van der Waals surface area contributed by atoms with Gasteiger partial charge in [0, 0.05) is 7.11 Å². The van der Waals surface area contributed by atoms with Crippen LogP contribution >= 0.6 is 0 Å². The molecule has 92 valence electrons. The Labute approximate surface area is 102 Å². The number of rotatable bonds is 5. The summed E-state index contributed by atoms with van der Waals surface area (Å²) in [5, 5.41) is 0. The molecule has 0 aliphatic carbocycles. The SMILES string of the molecule is CCCC1Oc2ccc(CCOC)cc2C1=O. The van der Waals surface area contributed by atoms with Gasteiger partial charge in [0.2, 0.25) is 5.78 Å². The van der Waals surface area contributed by atoms with E-state index in [1.54, 1.807) is 7.11 Å². The predicted molar refractivity (Wildman–Crippen MR) is 65.7 cm³/mol. The average molecular weight is 234 g/mol. The summed E-state index contributed by atoms with van der Waals surface area (Å²) in [7, 11) is 1.68. The van der Waals surface area contributed by atoms with Gasteiger partial charge in [0.25, 0.3) is 0 Å². The quantitative estimate of drug-likeness (QED) is 0.785. The Kier molecular flexibility index (Phi) is 3.79. The van der Waals surface area contributed by atoms with Crippen LogP contribution in [0, 0.1) is 0 Å². The Bertz CT molecular complexity index is 412. The Morgan fingerprint density at radius 1 is 1.41 bits per heavy atom. The van der Waals surface area contributed by atoms with Crippen molar-refractivity contribution in [1.82, 2.24) is 0 Å². The van der Waals surface area contributed by atoms with E-state index in [1.165, 1.54) is 0 Å². The van der Waals surface area contributed by atoms with E-state index in [1.807, 2.05) is 18.2 Å². The highest BCUT2D eigenvalue weighted by atomic mass is 16.5. The highest BCUT2D eigenvalue weighted by molar-refractivity contribution is 6.04. The van der Waals surface area contributed by atoms with Crippen LogP contribution in [0.4, 0.5) is 0 Å². The second-order valence-electron chi connectivity index (χ2n) is 4.33. The molecule has 1 aromatic rings. The highest BCUT2D eigenvalue weighted by Gasteiger charge is 2.31. The van der Waals surface area contributed by atoms with Crippen molar-refractivity contribution in [2.75, 3.05) is 13.7 Å². The van der Waals surface area contributed by atoms with E-state index in [0.717, 1.165) is 36.1 Å². The van der Waals surface area contributed by atoms with Crippen LogP contribution < -0.4 is 4.74 Å². The third kappa shape index (κ3) is 2.50. The van der Waals surface area contributed by atoms with Crippen LogP contribution in [-0.2, 0) is 11.2 Å². The van der Waals surface area contributed by atoms with E-state index in [9.17, 15) is 4.79 Å². The molecule has 0 aromatic heterocycles. The van der Waals surface area contributed by atoms with Crippen molar-refractivity contribution < 1.29 is 14.3 Å². The number of benzene rings is 1. The van der Waals surface area contributed by atoms with E-state index in [0.29, 0.717) is 6.61 Å². The number of carbonyl (C=O) groups excluding carboxylic acids is 1. The topological polar surface area (TPSA) is 35.5 Å². The van der Waals surface area contributed by atoms with Crippen molar-refractivity contribution in [3.63, 3.8) is 0 Å². The Hall–Kier alpha value is -1.35. The molecule has 1 heterocycles. The highest BCUT2D eigenvalue weighted by Crippen LogP contribution is 2.31. The normalized spacial score (nSPS) is 18.0. The molecule has 3 heteroatoms. The fourth-order valence-corrected chi connectivity index (χ4v) is 2.08. The number of carbonyl (C=O) groups is 1. The van der Waals surface area contributed by atoms with E-state index in [4.69, 9.17) is 9.47 Å². The van der Waals surface area contributed by atoms with Crippen LogP contribution in [-0.4, -0.2) is 25.6 Å². The van der Waals surface area contributed by atoms with Gasteiger partial charge < -0.3 is 9.47 Å². The first-order valence-electron chi connectivity index (χ1n) is 6.09. The zero-order valence-electron chi connectivity index (χ0n) is 10.4. The lowest BCUT2D eigenvalue weighted by Crippen LogP contribution is -2.19. The Morgan fingerprint density at radius 2 is 2.24 bits per heavy atom. The molecule has 1 unspecified atom stereocenters. The molecule has 0 saturated heterocycles. The lowest BCUT2D eigenvalue weighted by Gasteiger charge is -2.06. The molecule has 17 heavy (non-hydrogen) atoms. The van der Waals surface area contributed by atoms with Crippen molar-refractivity contribution in [3.05, 3.63) is 29.3 Å². The summed E-state index contributed by atoms with van der Waals surface area (Å²) in [6, 6.07) is 5.83. The van der Waals surface area contributed by atoms with Crippen LogP contribution in [0.15, 0.2) is 18.2 Å². The molecule has 0 amide bonds. The first-order chi connectivity index (χ1) is 8.26. The molecule has 0 saturated carbocycles. The second-order valence-corrected chi connectivity index (χ2v) is 4.33. The molecule has 0 fully saturated rings. The van der Waals surface area contributed by atoms with Crippen molar-refractivity contribution in [2.45, 2.75) is 32.3 Å². The van der Waals surface area contributed by atoms with Crippen molar-refractivity contribution in [3.8, 4) is 5.75 Å². The minimum absolute atomic E-state index is 0.126. The number of hydrogen-bond donors (Lipinski definition) is 0. The molecule has 1 aliphatic rings. The number of hydrogen-bond acceptors (Lipinski definition) is 3. The van der Waals surface area contributed by atoms with Crippen molar-refractivity contribution >= 4 is 5.78 Å². The summed E-state index contributed by atoms with van der Waals surface area (Å²) < 4.78 is 10.7. The summed E-state index contributed by atoms with van der Waals surface area (Å²) in [5.41, 5.74) is 1.86. The van der Waals surface area contributed by atoms with Crippen molar-refractivity contribution in [2.24, 2.45) is 0 Å². The fourth-order valence-electron chi connectivity index (χ4n) is 2.08. The first kappa shape index (κ1) is 12.1. The summed E-state index contributed by atoms with van der Waals surface area (Å²) in [4.78, 5) is 12.1. The van der Waals surface area contributed by atoms with E-state index in [-0.39, 0.29) is 11.9 Å². The van der Waals surface area contributed by atoms with Gasteiger partial charge in [0.1, 0.15) is 5.75 Å². The molecule has 1 aromatic carbocycles. The van der Waals surface area contributed by atoms with E-state index >= 15 is 0 Å². The predicted octanol–water partition coefficient (Wildman–Crippen LogP) is 2.62. The lowest BCUT2D eigenvalue weighted by molar-refractivity contribution is 0.0845. The van der Waals surface area contributed by atoms with Gasteiger partial charge in [-0.2, -0.15) is 0 Å². The monoisotopic (exact) mass is 234 g/mol. The summed E-state index contributed by atoms with van der Waals surface area (Å²) in [6.45, 7) is 2.73. The number of methoxy groups -OCH3 is 1. The maximum absolute atomic E-state index is 12.1. The second kappa shape index (κ2) is 5.32. The average Bonchev–Trinajstić information content (AvgIpc) is 2.65. The van der Waals surface area contributed by atoms with Gasteiger partial charge in [-0.05, 0) is 30.5 Å². The minimum atomic E-state index is -0.271. The summed E-state index contributed by atoms with van der Waals surface area (Å²) in [5.74, 6) is 0.857. The fraction of sp³-hybridized carbons (Fsp3) is 0.500. The lowest BCUT2D eigenvalue weighted by atomic mass is 10.0. The molecule has 0 bridgehead atoms. The first-order valence-corrected chi connectivity index (χ1v) is 6.09. The van der Waals surface area contributed by atoms with Crippen molar-refractivity contribution in [1.29, 1.82) is 0 Å². The molecular weight excluding hydrogens is 216 g/mol. The number of ether oxygens (including phenoxy) is 2. The maximum atomic E-state index is 12.1. The van der Waals surface area contributed by atoms with Crippen LogP contribution in [0.1, 0.15) is 35.7 Å². The molecule has 0 spiro atoms. The van der Waals surface area contributed by atoms with Crippen LogP contribution in [0.25, 0.3) is 0 Å². The van der Waals surface area contributed by atoms with E-state index in [2.05, 4.69) is 6.92 Å². The molecule has 0 radical (unpaired) electrons. The number of fused-ring (bicyclic) bond motifs is 1. The van der Waals surface area contributed by atoms with Gasteiger partial charge in [-0.1, -0.05) is 19.4 Å². The molecule has 1 atom stereocenters. The van der Waals surface area contributed by atoms with Crippen LogP contribution in [0.3, 0.4) is 0 Å². The van der Waals surface area contributed by atoms with Gasteiger partial charge in [-0.15, -0.1) is 0 Å². The molecule has 2 rings (SSSR count). The van der Waals surface area contributed by atoms with Gasteiger partial charge in [0.05, 0.1) is 12.2 Å². The Balaban J connectivity index is 2.16. The summed E-state index contributed by atoms with van der Waals surface area (Å²) in [6.07, 6.45) is 2.31. The van der Waals surface area contributed by atoms with Gasteiger partial charge in [-0.3, -0.25) is 4.79 Å². The minimum Gasteiger partial charge on any atom is -0.482 e. The van der Waals surface area contributed by atoms with Gasteiger partial charge in [-0.25, -0.2) is 0 Å². The third-order valence-corrected chi connectivity index (χ3v) is 3.02. The van der Waals surface area contributed by atoms with Gasteiger partial charge >= 0.3 is 0 Å². The zero-order chi connectivity index (χ0) is 12.3. The standard InChI is InChI=1S/C14H18O3/c1-3-4-13-14(15)11-9-10(7-8-16-2)5-6-12(11)17-13/h5-6,9,13H,3-4,7-8H2,1-2H3. The molecule has 0 N–H and O–H groups in total. The third-order valence-electron chi connectivity index (χ3n) is 3.02. The van der Waals surface area contributed by atoms with Gasteiger partial charge in [0.15, 0.2) is 6.10 Å². The molecular formula is C14H18O3. The number of Topliss-reactive ketones (excluding diaryl/α,β-unsaturated/α-hetero) is 1. The maximum Gasteiger partial charge on any atom is 0.207 e. The van der Waals surface area contributed by atoms with Crippen LogP contribution in [0.2, 0.25) is 0 Å². The largest absolute Gasteiger partial charge is 0.482 e. The smallest absolute Gasteiger partial charge is 0.207 e. The summed E-state index contributed by atoms with van der Waals surface area (Å²) >= 11 is 0. The Morgan fingerprint density at radius 3 is 2.94 bits per heavy atom. The van der Waals surface area contributed by atoms with Crippen LogP contribution in [0.5, 0.6) is 5.75 Å². The molecule has 3 nitrogen and oxygen atoms in total. The zero-order valence-corrected chi connectivity index (χ0v) is 10.4. The van der Waals surface area contributed by atoms with E-state index < -0.39 is 0 Å².